The van der Waals surface area contributed by atoms with Gasteiger partial charge < -0.3 is 5.32 Å². The maximum Gasteiger partial charge on any atom is 0.0295 e. The molecule has 0 spiro atoms. The van der Waals surface area contributed by atoms with Gasteiger partial charge in [-0.25, -0.2) is 0 Å². The third-order valence-electron chi connectivity index (χ3n) is 3.21. The Morgan fingerprint density at radius 1 is 1.11 bits per heavy atom. The molecule has 0 aliphatic carbocycles. The van der Waals surface area contributed by atoms with Gasteiger partial charge in [0.1, 0.15) is 0 Å². The molecule has 1 atom stereocenters. The Balaban J connectivity index is 2.00. The number of rotatable bonds is 4. The Kier molecular flexibility index (Phi) is 4.56. The van der Waals surface area contributed by atoms with Crippen LogP contribution in [0.3, 0.4) is 0 Å². The van der Waals surface area contributed by atoms with E-state index in [0.29, 0.717) is 6.04 Å². The fourth-order valence-electron chi connectivity index (χ4n) is 1.97. The molecule has 0 bridgehead atoms. The monoisotopic (exact) mass is 303 g/mol. The van der Waals surface area contributed by atoms with Gasteiger partial charge in [-0.2, -0.15) is 0 Å². The molecule has 1 nitrogen and oxygen atoms in total. The minimum atomic E-state index is 0.349. The van der Waals surface area contributed by atoms with Crippen molar-refractivity contribution < 1.29 is 0 Å². The normalized spacial score (nSPS) is 12.4. The topological polar surface area (TPSA) is 12.0 Å². The summed E-state index contributed by atoms with van der Waals surface area (Å²) in [6.07, 6.45) is 0. The van der Waals surface area contributed by atoms with E-state index in [1.807, 2.05) is 0 Å². The zero-order valence-electron chi connectivity index (χ0n) is 10.8. The highest BCUT2D eigenvalue weighted by atomic mass is 79.9. The van der Waals surface area contributed by atoms with Crippen molar-refractivity contribution in [3.63, 3.8) is 0 Å². The van der Waals surface area contributed by atoms with Gasteiger partial charge in [-0.15, -0.1) is 0 Å². The number of aryl methyl sites for hydroxylation is 1. The third-order valence-corrected chi connectivity index (χ3v) is 3.70. The molecule has 0 unspecified atom stereocenters. The fraction of sp³-hybridized carbons (Fsp3) is 0.250. The van der Waals surface area contributed by atoms with Crippen molar-refractivity contribution in [1.29, 1.82) is 0 Å². The second-order valence-electron chi connectivity index (χ2n) is 4.58. The molecule has 0 saturated heterocycles. The van der Waals surface area contributed by atoms with E-state index in [9.17, 15) is 0 Å². The highest BCUT2D eigenvalue weighted by molar-refractivity contribution is 9.10. The van der Waals surface area contributed by atoms with E-state index < -0.39 is 0 Å². The lowest BCUT2D eigenvalue weighted by Gasteiger charge is -2.15. The summed E-state index contributed by atoms with van der Waals surface area (Å²) >= 11 is 3.51. The molecular formula is C16H18BrN. The summed E-state index contributed by atoms with van der Waals surface area (Å²) in [5, 5.41) is 3.56. The van der Waals surface area contributed by atoms with Gasteiger partial charge in [0, 0.05) is 17.1 Å². The van der Waals surface area contributed by atoms with Gasteiger partial charge in [0.2, 0.25) is 0 Å². The first-order chi connectivity index (χ1) is 8.66. The highest BCUT2D eigenvalue weighted by Crippen LogP contribution is 2.18. The van der Waals surface area contributed by atoms with Crippen LogP contribution in [0.5, 0.6) is 0 Å². The first kappa shape index (κ1) is 13.3. The van der Waals surface area contributed by atoms with Crippen molar-refractivity contribution in [2.45, 2.75) is 26.4 Å². The predicted octanol–water partition coefficient (Wildman–Crippen LogP) is 4.61. The Labute approximate surface area is 117 Å². The summed E-state index contributed by atoms with van der Waals surface area (Å²) in [5.74, 6) is 0. The lowest BCUT2D eigenvalue weighted by Crippen LogP contribution is -2.18. The summed E-state index contributed by atoms with van der Waals surface area (Å²) in [6.45, 7) is 5.25. The molecule has 18 heavy (non-hydrogen) atoms. The molecule has 0 saturated carbocycles. The first-order valence-electron chi connectivity index (χ1n) is 6.20. The van der Waals surface area contributed by atoms with Crippen LogP contribution in [-0.4, -0.2) is 0 Å². The number of halogens is 1. The maximum absolute atomic E-state index is 3.56. The maximum atomic E-state index is 3.56. The van der Waals surface area contributed by atoms with E-state index >= 15 is 0 Å². The smallest absolute Gasteiger partial charge is 0.0295 e. The lowest BCUT2D eigenvalue weighted by molar-refractivity contribution is 0.573. The Bertz CT molecular complexity index is 522. The molecule has 0 radical (unpaired) electrons. The second-order valence-corrected chi connectivity index (χ2v) is 5.50. The molecule has 0 amide bonds. The van der Waals surface area contributed by atoms with Crippen LogP contribution < -0.4 is 5.32 Å². The van der Waals surface area contributed by atoms with Gasteiger partial charge in [0.15, 0.2) is 0 Å². The second kappa shape index (κ2) is 6.17. The molecule has 0 aliphatic rings. The van der Waals surface area contributed by atoms with Crippen molar-refractivity contribution in [2.75, 3.05) is 0 Å². The number of nitrogens with one attached hydrogen (secondary N) is 1. The summed E-state index contributed by atoms with van der Waals surface area (Å²) < 4.78 is 1.13. The molecular weight excluding hydrogens is 286 g/mol. The van der Waals surface area contributed by atoms with Crippen LogP contribution in [0.4, 0.5) is 0 Å². The average molecular weight is 304 g/mol. The van der Waals surface area contributed by atoms with Crippen molar-refractivity contribution in [3.8, 4) is 0 Å². The molecule has 2 heteroatoms. The highest BCUT2D eigenvalue weighted by Gasteiger charge is 2.05. The van der Waals surface area contributed by atoms with Crippen LogP contribution in [0.15, 0.2) is 53.0 Å². The zero-order valence-corrected chi connectivity index (χ0v) is 12.4. The SMILES string of the molecule is Cc1ccccc1CN[C@H](C)c1cccc(Br)c1. The standard InChI is InChI=1S/C16H18BrN/c1-12-6-3-4-7-15(12)11-18-13(2)14-8-5-9-16(17)10-14/h3-10,13,18H,11H2,1-2H3/t13-/m1/s1. The largest absolute Gasteiger partial charge is 0.306 e. The number of hydrogen-bond donors (Lipinski definition) is 1. The van der Waals surface area contributed by atoms with Gasteiger partial charge >= 0.3 is 0 Å². The number of hydrogen-bond acceptors (Lipinski definition) is 1. The molecule has 2 rings (SSSR count). The van der Waals surface area contributed by atoms with Gasteiger partial charge in [0.05, 0.1) is 0 Å². The number of benzene rings is 2. The van der Waals surface area contributed by atoms with E-state index in [1.54, 1.807) is 0 Å². The van der Waals surface area contributed by atoms with Crippen LogP contribution in [0.25, 0.3) is 0 Å². The van der Waals surface area contributed by atoms with Crippen molar-refractivity contribution in [1.82, 2.24) is 5.32 Å². The molecule has 1 N–H and O–H groups in total. The summed E-state index contributed by atoms with van der Waals surface area (Å²) in [4.78, 5) is 0. The lowest BCUT2D eigenvalue weighted by atomic mass is 10.1. The van der Waals surface area contributed by atoms with Crippen LogP contribution in [0, 0.1) is 6.92 Å². The van der Waals surface area contributed by atoms with Crippen LogP contribution >= 0.6 is 15.9 Å². The Morgan fingerprint density at radius 2 is 1.89 bits per heavy atom. The molecule has 2 aromatic carbocycles. The quantitative estimate of drug-likeness (QED) is 0.870. The van der Waals surface area contributed by atoms with E-state index in [-0.39, 0.29) is 0 Å². The summed E-state index contributed by atoms with van der Waals surface area (Å²) in [7, 11) is 0. The van der Waals surface area contributed by atoms with Crippen LogP contribution in [0.1, 0.15) is 29.7 Å². The average Bonchev–Trinajstić information content (AvgIpc) is 2.37. The molecule has 0 fully saturated rings. The Morgan fingerprint density at radius 3 is 2.61 bits per heavy atom. The summed E-state index contributed by atoms with van der Waals surface area (Å²) in [6, 6.07) is 17.3. The molecule has 2 aromatic rings. The first-order valence-corrected chi connectivity index (χ1v) is 6.99. The van der Waals surface area contributed by atoms with Crippen molar-refractivity contribution in [3.05, 3.63) is 69.7 Å². The molecule has 0 aliphatic heterocycles. The van der Waals surface area contributed by atoms with Crippen LogP contribution in [-0.2, 0) is 6.54 Å². The van der Waals surface area contributed by atoms with E-state index in [0.717, 1.165) is 11.0 Å². The van der Waals surface area contributed by atoms with Gasteiger partial charge in [-0.3, -0.25) is 0 Å². The van der Waals surface area contributed by atoms with Gasteiger partial charge in [-0.1, -0.05) is 52.3 Å². The third kappa shape index (κ3) is 3.44. The van der Waals surface area contributed by atoms with Crippen LogP contribution in [0.2, 0.25) is 0 Å². The van der Waals surface area contributed by atoms with Crippen molar-refractivity contribution in [2.24, 2.45) is 0 Å². The minimum Gasteiger partial charge on any atom is -0.306 e. The van der Waals surface area contributed by atoms with E-state index in [4.69, 9.17) is 0 Å². The van der Waals surface area contributed by atoms with E-state index in [1.165, 1.54) is 16.7 Å². The molecule has 0 heterocycles. The molecule has 0 aromatic heterocycles. The zero-order chi connectivity index (χ0) is 13.0. The van der Waals surface area contributed by atoms with Crippen molar-refractivity contribution >= 4 is 15.9 Å². The van der Waals surface area contributed by atoms with E-state index in [2.05, 4.69) is 83.6 Å². The van der Waals surface area contributed by atoms with Gasteiger partial charge in [-0.05, 0) is 42.7 Å². The predicted molar refractivity (Wildman–Crippen MR) is 80.6 cm³/mol. The fourth-order valence-corrected chi connectivity index (χ4v) is 2.38. The summed E-state index contributed by atoms with van der Waals surface area (Å²) in [5.41, 5.74) is 4.00. The minimum absolute atomic E-state index is 0.349. The Hall–Kier alpha value is -1.12. The van der Waals surface area contributed by atoms with Gasteiger partial charge in [0.25, 0.3) is 0 Å². The molecule has 94 valence electrons.